The summed E-state index contributed by atoms with van der Waals surface area (Å²) in [5.74, 6) is -1.53. The lowest BCUT2D eigenvalue weighted by molar-refractivity contribution is 0.112. The predicted molar refractivity (Wildman–Crippen MR) is 41.3 cm³/mol. The normalized spacial score (nSPS) is 9.58. The van der Waals surface area contributed by atoms with Crippen LogP contribution in [0.15, 0.2) is 12.1 Å². The van der Waals surface area contributed by atoms with E-state index in [1.54, 1.807) is 0 Å². The van der Waals surface area contributed by atoms with Crippen LogP contribution in [0.1, 0.15) is 10.4 Å². The molecule has 1 N–H and O–H groups in total. The average Bonchev–Trinajstić information content (AvgIpc) is 2.03. The number of halogens is 2. The third-order valence-electron chi connectivity index (χ3n) is 1.45. The fraction of sp³-hybridized carbons (Fsp3) is 0.125. The van der Waals surface area contributed by atoms with Crippen LogP contribution in [-0.2, 0) is 0 Å². The van der Waals surface area contributed by atoms with E-state index in [9.17, 15) is 13.6 Å². The first-order chi connectivity index (χ1) is 5.69. The van der Waals surface area contributed by atoms with Gasteiger partial charge in [0.15, 0.2) is 0 Å². The van der Waals surface area contributed by atoms with Crippen LogP contribution in [0, 0.1) is 11.6 Å². The van der Waals surface area contributed by atoms with Crippen LogP contribution in [0.5, 0.6) is 0 Å². The van der Waals surface area contributed by atoms with Crippen LogP contribution < -0.4 is 5.32 Å². The van der Waals surface area contributed by atoms with Gasteiger partial charge in [0.1, 0.15) is 23.6 Å². The molecule has 0 atom stereocenters. The van der Waals surface area contributed by atoms with Gasteiger partial charge in [-0.1, -0.05) is 0 Å². The fourth-order valence-corrected chi connectivity index (χ4v) is 0.900. The van der Waals surface area contributed by atoms with Crippen LogP contribution in [-0.4, -0.2) is 13.3 Å². The highest BCUT2D eigenvalue weighted by Gasteiger charge is 2.08. The summed E-state index contributed by atoms with van der Waals surface area (Å²) in [5, 5.41) is 2.35. The molecule has 12 heavy (non-hydrogen) atoms. The molecule has 64 valence electrons. The van der Waals surface area contributed by atoms with E-state index >= 15 is 0 Å². The van der Waals surface area contributed by atoms with E-state index in [-0.39, 0.29) is 11.3 Å². The number of benzene rings is 1. The molecule has 0 heterocycles. The number of rotatable bonds is 2. The van der Waals surface area contributed by atoms with E-state index in [0.717, 1.165) is 12.1 Å². The van der Waals surface area contributed by atoms with E-state index < -0.39 is 11.6 Å². The zero-order chi connectivity index (χ0) is 9.14. The summed E-state index contributed by atoms with van der Waals surface area (Å²) >= 11 is 0. The van der Waals surface area contributed by atoms with Crippen molar-refractivity contribution in [2.24, 2.45) is 0 Å². The molecule has 0 radical (unpaired) electrons. The van der Waals surface area contributed by atoms with Gasteiger partial charge in [-0.15, -0.1) is 0 Å². The van der Waals surface area contributed by atoms with Gasteiger partial charge in [-0.2, -0.15) is 0 Å². The summed E-state index contributed by atoms with van der Waals surface area (Å²) in [4.78, 5) is 10.2. The molecule has 0 saturated carbocycles. The lowest BCUT2D eigenvalue weighted by atomic mass is 10.2. The maximum Gasteiger partial charge on any atom is 0.150 e. The Hall–Kier alpha value is -1.45. The number of aldehydes is 1. The van der Waals surface area contributed by atoms with Crippen molar-refractivity contribution < 1.29 is 13.6 Å². The minimum Gasteiger partial charge on any atom is -0.383 e. The van der Waals surface area contributed by atoms with Gasteiger partial charge in [0.2, 0.25) is 0 Å². The van der Waals surface area contributed by atoms with Gasteiger partial charge in [0.05, 0.1) is 0 Å². The molecule has 0 spiro atoms. The molecule has 0 fully saturated rings. The molecule has 4 heteroatoms. The highest BCUT2D eigenvalue weighted by Crippen LogP contribution is 2.18. The molecule has 2 nitrogen and oxygen atoms in total. The summed E-state index contributed by atoms with van der Waals surface area (Å²) in [5.41, 5.74) is -0.232. The molecule has 0 bridgehead atoms. The van der Waals surface area contributed by atoms with Gasteiger partial charge >= 0.3 is 0 Å². The summed E-state index contributed by atoms with van der Waals surface area (Å²) < 4.78 is 25.7. The molecule has 1 aromatic rings. The largest absolute Gasteiger partial charge is 0.383 e. The van der Waals surface area contributed by atoms with Crippen molar-refractivity contribution in [3.8, 4) is 0 Å². The molecule has 1 aromatic carbocycles. The monoisotopic (exact) mass is 171 g/mol. The van der Waals surface area contributed by atoms with Crippen LogP contribution in [0.4, 0.5) is 14.5 Å². The molecule has 0 aliphatic carbocycles. The van der Waals surface area contributed by atoms with E-state index in [0.29, 0.717) is 6.29 Å². The third kappa shape index (κ3) is 1.42. The van der Waals surface area contributed by atoms with Gasteiger partial charge in [-0.3, -0.25) is 4.79 Å². The minimum atomic E-state index is -0.764. The molecule has 0 aliphatic heterocycles. The summed E-state index contributed by atoms with van der Waals surface area (Å²) in [7, 11) is 1.40. The van der Waals surface area contributed by atoms with E-state index in [4.69, 9.17) is 0 Å². The molecule has 0 aromatic heterocycles. The molecule has 0 aliphatic rings. The first kappa shape index (κ1) is 8.64. The Morgan fingerprint density at radius 1 is 1.33 bits per heavy atom. The van der Waals surface area contributed by atoms with Crippen molar-refractivity contribution in [2.45, 2.75) is 0 Å². The Bertz CT molecular complexity index is 289. The fourth-order valence-electron chi connectivity index (χ4n) is 0.900. The standard InChI is InChI=1S/C8H7F2NO/c1-11-8-6(9)2-5(4-12)3-7(8)10/h2-4,11H,1H3. The Labute approximate surface area is 68.2 Å². The average molecular weight is 171 g/mol. The zero-order valence-corrected chi connectivity index (χ0v) is 6.40. The first-order valence-electron chi connectivity index (χ1n) is 3.31. The number of carbonyl (C=O) groups excluding carboxylic acids is 1. The Kier molecular flexibility index (Phi) is 2.38. The molecular formula is C8H7F2NO. The molecule has 0 unspecified atom stereocenters. The Morgan fingerprint density at radius 2 is 1.83 bits per heavy atom. The van der Waals surface area contributed by atoms with Crippen molar-refractivity contribution in [2.75, 3.05) is 12.4 Å². The molecule has 1 rings (SSSR count). The predicted octanol–water partition coefficient (Wildman–Crippen LogP) is 1.82. The zero-order valence-electron chi connectivity index (χ0n) is 6.40. The third-order valence-corrected chi connectivity index (χ3v) is 1.45. The van der Waals surface area contributed by atoms with E-state index in [1.165, 1.54) is 7.05 Å². The summed E-state index contributed by atoms with van der Waals surface area (Å²) in [6, 6.07) is 1.95. The lowest BCUT2D eigenvalue weighted by Gasteiger charge is -2.03. The second kappa shape index (κ2) is 3.30. The second-order valence-corrected chi connectivity index (χ2v) is 2.23. The van der Waals surface area contributed by atoms with Crippen LogP contribution in [0.3, 0.4) is 0 Å². The lowest BCUT2D eigenvalue weighted by Crippen LogP contribution is -1.98. The van der Waals surface area contributed by atoms with Gasteiger partial charge in [-0.25, -0.2) is 8.78 Å². The van der Waals surface area contributed by atoms with E-state index in [1.807, 2.05) is 0 Å². The summed E-state index contributed by atoms with van der Waals surface area (Å²) in [6.45, 7) is 0. The van der Waals surface area contributed by atoms with Crippen LogP contribution in [0.2, 0.25) is 0 Å². The highest BCUT2D eigenvalue weighted by molar-refractivity contribution is 5.76. The second-order valence-electron chi connectivity index (χ2n) is 2.23. The van der Waals surface area contributed by atoms with Crippen molar-refractivity contribution in [3.63, 3.8) is 0 Å². The number of hydrogen-bond donors (Lipinski definition) is 1. The quantitative estimate of drug-likeness (QED) is 0.687. The van der Waals surface area contributed by atoms with Crippen molar-refractivity contribution in [1.82, 2.24) is 0 Å². The topological polar surface area (TPSA) is 29.1 Å². The van der Waals surface area contributed by atoms with Gasteiger partial charge < -0.3 is 5.32 Å². The Balaban J connectivity index is 3.27. The summed E-state index contributed by atoms with van der Waals surface area (Å²) in [6.07, 6.45) is 0.394. The number of hydrogen-bond acceptors (Lipinski definition) is 2. The van der Waals surface area contributed by atoms with E-state index in [2.05, 4.69) is 5.32 Å². The van der Waals surface area contributed by atoms with Gasteiger partial charge in [-0.05, 0) is 12.1 Å². The van der Waals surface area contributed by atoms with Crippen molar-refractivity contribution in [1.29, 1.82) is 0 Å². The minimum absolute atomic E-state index is 0.0102. The van der Waals surface area contributed by atoms with Gasteiger partial charge in [0.25, 0.3) is 0 Å². The molecule has 0 amide bonds. The Morgan fingerprint density at radius 3 is 2.17 bits per heavy atom. The SMILES string of the molecule is CNc1c(F)cc(C=O)cc1F. The van der Waals surface area contributed by atoms with Crippen molar-refractivity contribution >= 4 is 12.0 Å². The maximum atomic E-state index is 12.8. The number of carbonyl (C=O) groups is 1. The molecular weight excluding hydrogens is 164 g/mol. The number of anilines is 1. The van der Waals surface area contributed by atoms with Crippen LogP contribution in [0.25, 0.3) is 0 Å². The van der Waals surface area contributed by atoms with Crippen LogP contribution >= 0.6 is 0 Å². The first-order valence-corrected chi connectivity index (χ1v) is 3.31. The van der Waals surface area contributed by atoms with Crippen molar-refractivity contribution in [3.05, 3.63) is 29.3 Å². The number of nitrogens with one attached hydrogen (secondary N) is 1. The van der Waals surface area contributed by atoms with Gasteiger partial charge in [0, 0.05) is 12.6 Å². The highest BCUT2D eigenvalue weighted by atomic mass is 19.1. The maximum absolute atomic E-state index is 12.8. The molecule has 0 saturated heterocycles. The smallest absolute Gasteiger partial charge is 0.150 e.